The number of ether oxygens (including phenoxy) is 1. The number of halogens is 2. The third-order valence-electron chi connectivity index (χ3n) is 3.67. The minimum Gasteiger partial charge on any atom is -0.373 e. The Morgan fingerprint density at radius 2 is 2.00 bits per heavy atom. The van der Waals surface area contributed by atoms with Crippen molar-refractivity contribution >= 4 is 30.7 Å². The van der Waals surface area contributed by atoms with Gasteiger partial charge in [-0.25, -0.2) is 0 Å². The van der Waals surface area contributed by atoms with E-state index in [4.69, 9.17) is 10.5 Å². The van der Waals surface area contributed by atoms with Crippen molar-refractivity contribution < 1.29 is 9.53 Å². The summed E-state index contributed by atoms with van der Waals surface area (Å²) >= 11 is 0. The molecule has 2 rings (SSSR count). The van der Waals surface area contributed by atoms with E-state index in [1.54, 1.807) is 0 Å². The van der Waals surface area contributed by atoms with Crippen LogP contribution in [0.25, 0.3) is 0 Å². The van der Waals surface area contributed by atoms with Crippen LogP contribution in [-0.4, -0.2) is 49.2 Å². The van der Waals surface area contributed by atoms with E-state index in [0.717, 1.165) is 31.8 Å². The van der Waals surface area contributed by atoms with Crippen molar-refractivity contribution in [2.75, 3.05) is 32.8 Å². The molecule has 1 aliphatic heterocycles. The molecule has 0 saturated carbocycles. The Labute approximate surface area is 150 Å². The minimum atomic E-state index is -0.604. The first-order chi connectivity index (χ1) is 9.98. The number of carbonyl (C=O) groups excluding carboxylic acids is 1. The molecular weight excluding hydrogens is 337 g/mol. The zero-order valence-electron chi connectivity index (χ0n) is 13.7. The number of nitrogens with zero attached hydrogens (tertiary/aromatic N) is 1. The molecule has 3 N–H and O–H groups in total. The van der Waals surface area contributed by atoms with Gasteiger partial charge in [0.1, 0.15) is 6.04 Å². The van der Waals surface area contributed by atoms with Crippen LogP contribution in [0.3, 0.4) is 0 Å². The molecular formula is C16H27Cl2N3O2. The lowest BCUT2D eigenvalue weighted by Gasteiger charge is -2.38. The van der Waals surface area contributed by atoms with Crippen LogP contribution in [0.15, 0.2) is 30.3 Å². The average Bonchev–Trinajstić information content (AvgIpc) is 2.46. The van der Waals surface area contributed by atoms with Crippen LogP contribution in [0.2, 0.25) is 0 Å². The number of hydrogen-bond donors (Lipinski definition) is 2. The molecule has 132 valence electrons. The van der Waals surface area contributed by atoms with E-state index < -0.39 is 6.04 Å². The molecule has 1 unspecified atom stereocenters. The predicted octanol–water partition coefficient (Wildman–Crippen LogP) is 1.76. The normalized spacial score (nSPS) is 18.2. The predicted molar refractivity (Wildman–Crippen MR) is 97.3 cm³/mol. The Morgan fingerprint density at radius 1 is 1.35 bits per heavy atom. The van der Waals surface area contributed by atoms with Gasteiger partial charge in [-0.2, -0.15) is 0 Å². The van der Waals surface area contributed by atoms with Gasteiger partial charge in [-0.05, 0) is 19.4 Å². The summed E-state index contributed by atoms with van der Waals surface area (Å²) in [4.78, 5) is 14.3. The molecule has 0 bridgehead atoms. The first-order valence-corrected chi connectivity index (χ1v) is 7.42. The van der Waals surface area contributed by atoms with Crippen molar-refractivity contribution in [2.24, 2.45) is 5.73 Å². The van der Waals surface area contributed by atoms with Gasteiger partial charge < -0.3 is 15.8 Å². The average molecular weight is 364 g/mol. The van der Waals surface area contributed by atoms with Gasteiger partial charge in [0.2, 0.25) is 5.91 Å². The van der Waals surface area contributed by atoms with Crippen molar-refractivity contribution in [3.8, 4) is 0 Å². The first-order valence-electron chi connectivity index (χ1n) is 7.42. The van der Waals surface area contributed by atoms with Gasteiger partial charge in [-0.1, -0.05) is 30.3 Å². The molecule has 1 aliphatic rings. The molecule has 23 heavy (non-hydrogen) atoms. The van der Waals surface area contributed by atoms with Gasteiger partial charge in [-0.3, -0.25) is 9.69 Å². The quantitative estimate of drug-likeness (QED) is 0.836. The number of benzene rings is 1. The zero-order valence-corrected chi connectivity index (χ0v) is 15.3. The topological polar surface area (TPSA) is 67.6 Å². The van der Waals surface area contributed by atoms with Crippen molar-refractivity contribution in [2.45, 2.75) is 25.5 Å². The second-order valence-electron chi connectivity index (χ2n) is 6.06. The maximum absolute atomic E-state index is 12.0. The maximum atomic E-state index is 12.0. The molecule has 1 fully saturated rings. The van der Waals surface area contributed by atoms with Gasteiger partial charge in [-0.15, -0.1) is 24.8 Å². The highest BCUT2D eigenvalue weighted by Crippen LogP contribution is 2.15. The molecule has 0 aliphatic carbocycles. The van der Waals surface area contributed by atoms with Crippen molar-refractivity contribution in [3.63, 3.8) is 0 Å². The van der Waals surface area contributed by atoms with E-state index in [9.17, 15) is 4.79 Å². The molecule has 1 amide bonds. The Morgan fingerprint density at radius 3 is 2.61 bits per heavy atom. The van der Waals surface area contributed by atoms with E-state index in [1.807, 2.05) is 30.3 Å². The summed E-state index contributed by atoms with van der Waals surface area (Å²) in [5, 5.41) is 2.91. The smallest absolute Gasteiger partial charge is 0.241 e. The zero-order chi connectivity index (χ0) is 15.3. The second-order valence-corrected chi connectivity index (χ2v) is 6.06. The van der Waals surface area contributed by atoms with Crippen LogP contribution < -0.4 is 11.1 Å². The van der Waals surface area contributed by atoms with Gasteiger partial charge in [0, 0.05) is 26.2 Å². The number of hydrogen-bond acceptors (Lipinski definition) is 4. The van der Waals surface area contributed by atoms with E-state index in [1.165, 1.54) is 0 Å². The first kappa shape index (κ1) is 22.1. The van der Waals surface area contributed by atoms with Crippen molar-refractivity contribution in [3.05, 3.63) is 35.9 Å². The highest BCUT2D eigenvalue weighted by Gasteiger charge is 2.26. The van der Waals surface area contributed by atoms with Gasteiger partial charge in [0.05, 0.1) is 12.2 Å². The van der Waals surface area contributed by atoms with Gasteiger partial charge >= 0.3 is 0 Å². The third kappa shape index (κ3) is 7.06. The van der Waals surface area contributed by atoms with Crippen LogP contribution in [0.4, 0.5) is 0 Å². The van der Waals surface area contributed by atoms with Crippen LogP contribution in [0.1, 0.15) is 25.5 Å². The van der Waals surface area contributed by atoms with Crippen LogP contribution in [0.5, 0.6) is 0 Å². The number of nitrogens with two attached hydrogens (primary N) is 1. The van der Waals surface area contributed by atoms with Crippen LogP contribution >= 0.6 is 24.8 Å². The summed E-state index contributed by atoms with van der Waals surface area (Å²) < 4.78 is 5.67. The molecule has 1 aromatic carbocycles. The molecule has 7 heteroatoms. The Bertz CT molecular complexity index is 472. The second kappa shape index (κ2) is 10.1. The largest absolute Gasteiger partial charge is 0.373 e. The summed E-state index contributed by atoms with van der Waals surface area (Å²) in [7, 11) is 0. The number of carbonyl (C=O) groups is 1. The number of rotatable bonds is 5. The Kier molecular flexibility index (Phi) is 9.73. The molecule has 0 aromatic heterocycles. The van der Waals surface area contributed by atoms with E-state index in [-0.39, 0.29) is 36.3 Å². The van der Waals surface area contributed by atoms with Crippen molar-refractivity contribution in [1.29, 1.82) is 0 Å². The number of nitrogens with one attached hydrogen (secondary N) is 1. The van der Waals surface area contributed by atoms with E-state index in [0.29, 0.717) is 6.54 Å². The highest BCUT2D eigenvalue weighted by molar-refractivity contribution is 5.85. The van der Waals surface area contributed by atoms with E-state index >= 15 is 0 Å². The fourth-order valence-electron chi connectivity index (χ4n) is 2.56. The summed E-state index contributed by atoms with van der Waals surface area (Å²) in [6.45, 7) is 8.13. The standard InChI is InChI=1S/C16H25N3O2.2ClH/c1-16(2)12-19(10-11-21-16)9-8-18-15(20)14(17)13-6-4-3-5-7-13;;/h3-7,14H,8-12,17H2,1-2H3,(H,18,20);2*1H. The van der Waals surface area contributed by atoms with E-state index in [2.05, 4.69) is 24.1 Å². The van der Waals surface area contributed by atoms with Gasteiger partial charge in [0.25, 0.3) is 0 Å². The summed E-state index contributed by atoms with van der Waals surface area (Å²) in [5.41, 5.74) is 6.68. The monoisotopic (exact) mass is 363 g/mol. The van der Waals surface area contributed by atoms with Crippen LogP contribution in [-0.2, 0) is 9.53 Å². The maximum Gasteiger partial charge on any atom is 0.241 e. The number of morpholine rings is 1. The van der Waals surface area contributed by atoms with Crippen LogP contribution in [0, 0.1) is 0 Å². The Hall–Kier alpha value is -0.850. The summed E-state index contributed by atoms with van der Waals surface area (Å²) in [6, 6.07) is 8.82. The van der Waals surface area contributed by atoms with Gasteiger partial charge in [0.15, 0.2) is 0 Å². The lowest BCUT2D eigenvalue weighted by molar-refractivity contribution is -0.122. The third-order valence-corrected chi connectivity index (χ3v) is 3.67. The molecule has 1 aromatic rings. The highest BCUT2D eigenvalue weighted by atomic mass is 35.5. The number of amides is 1. The lowest BCUT2D eigenvalue weighted by atomic mass is 10.1. The summed E-state index contributed by atoms with van der Waals surface area (Å²) in [6.07, 6.45) is 0. The minimum absolute atomic E-state index is 0. The molecule has 1 heterocycles. The fraction of sp³-hybridized carbons (Fsp3) is 0.562. The Balaban J connectivity index is 0.00000242. The molecule has 1 atom stereocenters. The lowest BCUT2D eigenvalue weighted by Crippen LogP contribution is -2.50. The fourth-order valence-corrected chi connectivity index (χ4v) is 2.56. The SMILES string of the molecule is CC1(C)CN(CCNC(=O)C(N)c2ccccc2)CCO1.Cl.Cl. The molecule has 5 nitrogen and oxygen atoms in total. The van der Waals surface area contributed by atoms with Crippen molar-refractivity contribution in [1.82, 2.24) is 10.2 Å². The molecule has 0 radical (unpaired) electrons. The molecule has 1 saturated heterocycles. The summed E-state index contributed by atoms with van der Waals surface area (Å²) in [5.74, 6) is -0.131. The molecule has 0 spiro atoms.